The molecule has 0 spiro atoms. The van der Waals surface area contributed by atoms with Crippen LogP contribution in [0.5, 0.6) is 0 Å². The van der Waals surface area contributed by atoms with Gasteiger partial charge in [0.25, 0.3) is 0 Å². The van der Waals surface area contributed by atoms with Crippen molar-refractivity contribution >= 4 is 23.2 Å². The number of aromatic nitrogens is 2. The summed E-state index contributed by atoms with van der Waals surface area (Å²) in [7, 11) is 3.98. The van der Waals surface area contributed by atoms with Crippen molar-refractivity contribution in [1.29, 1.82) is 0 Å². The number of rotatable bonds is 7. The van der Waals surface area contributed by atoms with Crippen LogP contribution in [-0.4, -0.2) is 47.2 Å². The zero-order valence-corrected chi connectivity index (χ0v) is 19.7. The van der Waals surface area contributed by atoms with Crippen LogP contribution in [0.15, 0.2) is 61.4 Å². The average molecular weight is 461 g/mol. The molecule has 3 aromatic rings. The standard InChI is InChI=1S/C26H29FN6O/c1-16-8-6-11-22(27)24(16)33-18(3)29-15-21-23(20-10-7-9-19(14-20)17(2)34)30-26(31-25(21)33)28-12-13-32(4)5/h6-11,14,29,34H,2-3,12-13,15H2,1,4-5H3,(H,28,30,31). The minimum absolute atomic E-state index is 0.0239. The zero-order valence-electron chi connectivity index (χ0n) is 19.7. The predicted octanol–water partition coefficient (Wildman–Crippen LogP) is 4.81. The Balaban J connectivity index is 1.91. The first kappa shape index (κ1) is 23.3. The molecule has 3 N–H and O–H groups in total. The summed E-state index contributed by atoms with van der Waals surface area (Å²) in [6, 6.07) is 12.3. The molecule has 1 aliphatic rings. The summed E-state index contributed by atoms with van der Waals surface area (Å²) in [5, 5.41) is 16.5. The van der Waals surface area contributed by atoms with Crippen molar-refractivity contribution in [2.75, 3.05) is 37.4 Å². The fourth-order valence-electron chi connectivity index (χ4n) is 3.92. The van der Waals surface area contributed by atoms with Crippen LogP contribution in [0.1, 0.15) is 16.7 Å². The second kappa shape index (κ2) is 9.52. The van der Waals surface area contributed by atoms with Crippen molar-refractivity contribution in [3.8, 4) is 11.3 Å². The Labute approximate surface area is 199 Å². The summed E-state index contributed by atoms with van der Waals surface area (Å²) in [6.45, 7) is 11.5. The fraction of sp³-hybridized carbons (Fsp3) is 0.231. The smallest absolute Gasteiger partial charge is 0.225 e. The predicted molar refractivity (Wildman–Crippen MR) is 135 cm³/mol. The summed E-state index contributed by atoms with van der Waals surface area (Å²) in [5.74, 6) is 1.13. The lowest BCUT2D eigenvalue weighted by Gasteiger charge is -2.35. The number of hydrogen-bond acceptors (Lipinski definition) is 7. The van der Waals surface area contributed by atoms with Crippen LogP contribution in [0.2, 0.25) is 0 Å². The van der Waals surface area contributed by atoms with Crippen molar-refractivity contribution in [2.45, 2.75) is 13.5 Å². The number of aliphatic hydroxyl groups is 1. The van der Waals surface area contributed by atoms with Gasteiger partial charge in [-0.2, -0.15) is 4.98 Å². The first-order valence-electron chi connectivity index (χ1n) is 11.0. The van der Waals surface area contributed by atoms with E-state index in [2.05, 4.69) is 28.7 Å². The lowest BCUT2D eigenvalue weighted by Crippen LogP contribution is -2.35. The third kappa shape index (κ3) is 4.58. The Morgan fingerprint density at radius 2 is 2.00 bits per heavy atom. The van der Waals surface area contributed by atoms with Gasteiger partial charge in [-0.15, -0.1) is 0 Å². The molecule has 0 atom stereocenters. The number of benzene rings is 2. The van der Waals surface area contributed by atoms with Gasteiger partial charge in [0.15, 0.2) is 0 Å². The van der Waals surface area contributed by atoms with Gasteiger partial charge in [0.05, 0.1) is 11.4 Å². The SMILES string of the molecule is C=C(O)c1cccc(-c2nc(NCCN(C)C)nc3c2CNC(=C)N3c2c(C)cccc2F)c1. The number of para-hydroxylation sites is 1. The van der Waals surface area contributed by atoms with E-state index in [9.17, 15) is 5.11 Å². The Morgan fingerprint density at radius 1 is 1.24 bits per heavy atom. The lowest BCUT2D eigenvalue weighted by molar-refractivity contribution is 0.425. The van der Waals surface area contributed by atoms with E-state index in [1.54, 1.807) is 17.0 Å². The van der Waals surface area contributed by atoms with Crippen LogP contribution in [-0.2, 0) is 6.54 Å². The quantitative estimate of drug-likeness (QED) is 0.437. The van der Waals surface area contributed by atoms with Gasteiger partial charge in [-0.1, -0.05) is 43.5 Å². The maximum absolute atomic E-state index is 15.0. The van der Waals surface area contributed by atoms with Gasteiger partial charge < -0.3 is 20.6 Å². The number of aryl methyl sites for hydroxylation is 1. The number of nitrogens with one attached hydrogen (secondary N) is 2. The van der Waals surface area contributed by atoms with Crippen LogP contribution in [0.3, 0.4) is 0 Å². The van der Waals surface area contributed by atoms with Crippen LogP contribution in [0.25, 0.3) is 17.0 Å². The van der Waals surface area contributed by atoms with Gasteiger partial charge >= 0.3 is 0 Å². The number of anilines is 3. The number of halogens is 1. The second-order valence-electron chi connectivity index (χ2n) is 8.50. The molecule has 0 unspecified atom stereocenters. The van der Waals surface area contributed by atoms with E-state index < -0.39 is 0 Å². The molecule has 8 heteroatoms. The van der Waals surface area contributed by atoms with Crippen molar-refractivity contribution in [3.05, 3.63) is 84.0 Å². The Kier molecular flexibility index (Phi) is 6.51. The van der Waals surface area contributed by atoms with Crippen LogP contribution >= 0.6 is 0 Å². The number of likely N-dealkylation sites (N-methyl/N-ethyl adjacent to an activating group) is 1. The van der Waals surface area contributed by atoms with Gasteiger partial charge in [-0.05, 0) is 38.7 Å². The van der Waals surface area contributed by atoms with E-state index in [4.69, 9.17) is 9.97 Å². The van der Waals surface area contributed by atoms with Gasteiger partial charge in [-0.3, -0.25) is 4.90 Å². The fourth-order valence-corrected chi connectivity index (χ4v) is 3.92. The second-order valence-corrected chi connectivity index (χ2v) is 8.50. The lowest BCUT2D eigenvalue weighted by atomic mass is 10.0. The molecule has 0 saturated carbocycles. The van der Waals surface area contributed by atoms with Gasteiger partial charge in [-0.25, -0.2) is 9.37 Å². The van der Waals surface area contributed by atoms with Crippen LogP contribution in [0.4, 0.5) is 21.8 Å². The Bertz CT molecular complexity index is 1240. The molecule has 0 bridgehead atoms. The largest absolute Gasteiger partial charge is 0.508 e. The van der Waals surface area contributed by atoms with E-state index in [1.807, 2.05) is 45.3 Å². The zero-order chi connectivity index (χ0) is 24.4. The van der Waals surface area contributed by atoms with Crippen LogP contribution < -0.4 is 15.5 Å². The molecule has 0 fully saturated rings. The highest BCUT2D eigenvalue weighted by molar-refractivity contribution is 5.80. The topological polar surface area (TPSA) is 76.5 Å². The molecule has 0 radical (unpaired) electrons. The maximum Gasteiger partial charge on any atom is 0.225 e. The molecule has 2 heterocycles. The monoisotopic (exact) mass is 460 g/mol. The summed E-state index contributed by atoms with van der Waals surface area (Å²) in [6.07, 6.45) is 0. The summed E-state index contributed by atoms with van der Waals surface area (Å²) in [4.78, 5) is 13.4. The highest BCUT2D eigenvalue weighted by Crippen LogP contribution is 2.40. The highest BCUT2D eigenvalue weighted by Gasteiger charge is 2.30. The molecule has 34 heavy (non-hydrogen) atoms. The number of aliphatic hydroxyl groups excluding tert-OH is 1. The number of fused-ring (bicyclic) bond motifs is 1. The minimum Gasteiger partial charge on any atom is -0.508 e. The summed E-state index contributed by atoms with van der Waals surface area (Å²) >= 11 is 0. The van der Waals surface area contributed by atoms with Crippen LogP contribution in [0, 0.1) is 12.7 Å². The third-order valence-corrected chi connectivity index (χ3v) is 5.66. The molecule has 0 saturated heterocycles. The van der Waals surface area contributed by atoms with Crippen molar-refractivity contribution < 1.29 is 9.50 Å². The minimum atomic E-state index is -0.364. The van der Waals surface area contributed by atoms with Crippen molar-refractivity contribution in [3.63, 3.8) is 0 Å². The average Bonchev–Trinajstić information content (AvgIpc) is 2.79. The molecule has 0 aliphatic carbocycles. The summed E-state index contributed by atoms with van der Waals surface area (Å²) in [5.41, 5.74) is 4.02. The molecule has 1 aromatic heterocycles. The Morgan fingerprint density at radius 3 is 2.71 bits per heavy atom. The maximum atomic E-state index is 15.0. The Hall–Kier alpha value is -3.91. The van der Waals surface area contributed by atoms with E-state index in [0.717, 1.165) is 23.2 Å². The van der Waals surface area contributed by atoms with E-state index in [1.165, 1.54) is 6.07 Å². The number of hydrogen-bond donors (Lipinski definition) is 3. The normalized spacial score (nSPS) is 13.0. The summed E-state index contributed by atoms with van der Waals surface area (Å²) < 4.78 is 15.0. The molecular weight excluding hydrogens is 431 g/mol. The third-order valence-electron chi connectivity index (χ3n) is 5.66. The van der Waals surface area contributed by atoms with Crippen molar-refractivity contribution in [2.24, 2.45) is 0 Å². The molecular formula is C26H29FN6O. The molecule has 4 rings (SSSR count). The molecule has 7 nitrogen and oxygen atoms in total. The van der Waals surface area contributed by atoms with Gasteiger partial charge in [0, 0.05) is 36.3 Å². The first-order valence-corrected chi connectivity index (χ1v) is 11.0. The molecule has 1 aliphatic heterocycles. The van der Waals surface area contributed by atoms with Crippen molar-refractivity contribution in [1.82, 2.24) is 20.2 Å². The molecule has 176 valence electrons. The first-order chi connectivity index (χ1) is 16.3. The molecule has 0 amide bonds. The number of nitrogens with zero attached hydrogens (tertiary/aromatic N) is 4. The van der Waals surface area contributed by atoms with Gasteiger partial charge in [0.1, 0.15) is 23.2 Å². The van der Waals surface area contributed by atoms with E-state index in [-0.39, 0.29) is 11.6 Å². The van der Waals surface area contributed by atoms with E-state index in [0.29, 0.717) is 47.6 Å². The van der Waals surface area contributed by atoms with E-state index >= 15 is 4.39 Å². The molecule has 2 aromatic carbocycles. The van der Waals surface area contributed by atoms with Gasteiger partial charge in [0.2, 0.25) is 5.95 Å². The highest BCUT2D eigenvalue weighted by atomic mass is 19.1.